The number of rotatable bonds is 7. The second-order valence-electron chi connectivity index (χ2n) is 7.91. The minimum atomic E-state index is 0.0826. The van der Waals surface area contributed by atoms with Crippen LogP contribution in [0.4, 0.5) is 5.69 Å². The van der Waals surface area contributed by atoms with Gasteiger partial charge < -0.3 is 15.5 Å². The number of nitrogens with one attached hydrogen (secondary N) is 2. The number of amides is 2. The summed E-state index contributed by atoms with van der Waals surface area (Å²) < 4.78 is 0. The average molecular weight is 357 g/mol. The molecule has 2 aliphatic rings. The molecule has 3 rings (SSSR count). The highest BCUT2D eigenvalue weighted by Crippen LogP contribution is 2.28. The third kappa shape index (κ3) is 5.31. The summed E-state index contributed by atoms with van der Waals surface area (Å²) in [6, 6.07) is 8.30. The molecule has 0 aromatic heterocycles. The predicted octanol–water partition coefficient (Wildman–Crippen LogP) is 3.16. The van der Waals surface area contributed by atoms with Crippen LogP contribution < -0.4 is 10.6 Å². The molecule has 1 heterocycles. The van der Waals surface area contributed by atoms with E-state index in [0.29, 0.717) is 30.8 Å². The lowest BCUT2D eigenvalue weighted by atomic mass is 9.85. The van der Waals surface area contributed by atoms with Gasteiger partial charge >= 0.3 is 0 Å². The molecular formula is C21H31N3O2. The van der Waals surface area contributed by atoms with Crippen molar-refractivity contribution in [3.8, 4) is 0 Å². The third-order valence-corrected chi connectivity index (χ3v) is 5.63. The molecule has 1 aliphatic carbocycles. The third-order valence-electron chi connectivity index (χ3n) is 5.63. The summed E-state index contributed by atoms with van der Waals surface area (Å²) in [6.07, 6.45) is 5.21. The van der Waals surface area contributed by atoms with Crippen molar-refractivity contribution >= 4 is 17.5 Å². The first kappa shape index (κ1) is 18.9. The fourth-order valence-corrected chi connectivity index (χ4v) is 3.81. The first-order valence-corrected chi connectivity index (χ1v) is 9.89. The fraction of sp³-hybridized carbons (Fsp3) is 0.619. The van der Waals surface area contributed by atoms with Gasteiger partial charge in [0.25, 0.3) is 0 Å². The highest BCUT2D eigenvalue weighted by Gasteiger charge is 2.30. The normalized spacial score (nSPS) is 21.1. The molecule has 5 heteroatoms. The number of carbonyl (C=O) groups excluding carboxylic acids is 2. The van der Waals surface area contributed by atoms with Gasteiger partial charge in [0.1, 0.15) is 0 Å². The van der Waals surface area contributed by atoms with Gasteiger partial charge in [-0.05, 0) is 68.3 Å². The number of carbonyl (C=O) groups is 2. The minimum absolute atomic E-state index is 0.0826. The molecule has 2 unspecified atom stereocenters. The maximum Gasteiger partial charge on any atom is 0.224 e. The van der Waals surface area contributed by atoms with E-state index in [1.54, 1.807) is 6.92 Å². The average Bonchev–Trinajstić information content (AvgIpc) is 3.46. The van der Waals surface area contributed by atoms with Gasteiger partial charge in [-0.15, -0.1) is 0 Å². The quantitative estimate of drug-likeness (QED) is 0.788. The Kier molecular flexibility index (Phi) is 6.30. The van der Waals surface area contributed by atoms with Crippen LogP contribution >= 0.6 is 0 Å². The molecule has 142 valence electrons. The van der Waals surface area contributed by atoms with E-state index >= 15 is 0 Å². The molecule has 0 spiro atoms. The molecule has 1 saturated carbocycles. The van der Waals surface area contributed by atoms with Crippen LogP contribution in [0.25, 0.3) is 0 Å². The number of nitrogens with zero attached hydrogens (tertiary/aromatic N) is 1. The van der Waals surface area contributed by atoms with Crippen LogP contribution in [0.2, 0.25) is 0 Å². The van der Waals surface area contributed by atoms with Crippen molar-refractivity contribution in [2.24, 2.45) is 11.8 Å². The lowest BCUT2D eigenvalue weighted by Crippen LogP contribution is -2.34. The van der Waals surface area contributed by atoms with Crippen molar-refractivity contribution in [1.82, 2.24) is 10.2 Å². The summed E-state index contributed by atoms with van der Waals surface area (Å²) in [4.78, 5) is 26.0. The maximum atomic E-state index is 12.3. The first-order chi connectivity index (χ1) is 12.5. The topological polar surface area (TPSA) is 61.4 Å². The van der Waals surface area contributed by atoms with E-state index < -0.39 is 0 Å². The summed E-state index contributed by atoms with van der Waals surface area (Å²) in [5.74, 6) is 1.21. The zero-order valence-electron chi connectivity index (χ0n) is 16.0. The Hall–Kier alpha value is -1.88. The van der Waals surface area contributed by atoms with Gasteiger partial charge in [0, 0.05) is 31.6 Å². The van der Waals surface area contributed by atoms with E-state index in [-0.39, 0.29) is 11.8 Å². The monoisotopic (exact) mass is 357 g/mol. The summed E-state index contributed by atoms with van der Waals surface area (Å²) in [5.41, 5.74) is 1.93. The van der Waals surface area contributed by atoms with Gasteiger partial charge in [-0.1, -0.05) is 19.1 Å². The molecule has 2 amide bonds. The van der Waals surface area contributed by atoms with E-state index in [9.17, 15) is 9.59 Å². The standard InChI is InChI=1S/C21H31N3O2/c1-15(18-4-3-11-22-13-18)12-21(26)23-19-7-5-17(6-8-19)14-24(16(2)25)20-9-10-20/h5-8,15,18,20,22H,3-4,9-14H2,1-2H3,(H,23,26). The number of benzene rings is 1. The van der Waals surface area contributed by atoms with Gasteiger partial charge in [0.2, 0.25) is 11.8 Å². The Balaban J connectivity index is 1.48. The Morgan fingerprint density at radius 3 is 2.54 bits per heavy atom. The number of piperidine rings is 1. The van der Waals surface area contributed by atoms with Crippen molar-refractivity contribution in [3.05, 3.63) is 29.8 Å². The number of hydrogen-bond donors (Lipinski definition) is 2. The van der Waals surface area contributed by atoms with Crippen LogP contribution in [0, 0.1) is 11.8 Å². The Morgan fingerprint density at radius 1 is 1.23 bits per heavy atom. The van der Waals surface area contributed by atoms with E-state index in [1.807, 2.05) is 29.2 Å². The van der Waals surface area contributed by atoms with Gasteiger partial charge in [-0.25, -0.2) is 0 Å². The van der Waals surface area contributed by atoms with Gasteiger partial charge in [0.05, 0.1) is 0 Å². The highest BCUT2D eigenvalue weighted by molar-refractivity contribution is 5.90. The summed E-state index contributed by atoms with van der Waals surface area (Å²) in [7, 11) is 0. The summed E-state index contributed by atoms with van der Waals surface area (Å²) >= 11 is 0. The van der Waals surface area contributed by atoms with Crippen molar-refractivity contribution in [1.29, 1.82) is 0 Å². The van der Waals surface area contributed by atoms with Gasteiger partial charge in [-0.3, -0.25) is 9.59 Å². The molecular weight excluding hydrogens is 326 g/mol. The molecule has 2 atom stereocenters. The molecule has 0 radical (unpaired) electrons. The largest absolute Gasteiger partial charge is 0.336 e. The molecule has 26 heavy (non-hydrogen) atoms. The maximum absolute atomic E-state index is 12.3. The smallest absolute Gasteiger partial charge is 0.224 e. The van der Waals surface area contributed by atoms with Crippen LogP contribution in [-0.4, -0.2) is 35.8 Å². The predicted molar refractivity (Wildman–Crippen MR) is 104 cm³/mol. The SMILES string of the molecule is CC(=O)N(Cc1ccc(NC(=O)CC(C)C2CCCNC2)cc1)C1CC1. The van der Waals surface area contributed by atoms with Crippen molar-refractivity contribution in [2.45, 2.75) is 58.5 Å². The molecule has 1 aromatic rings. The van der Waals surface area contributed by atoms with Gasteiger partial charge in [0.15, 0.2) is 0 Å². The summed E-state index contributed by atoms with van der Waals surface area (Å²) in [6.45, 7) is 6.59. The first-order valence-electron chi connectivity index (χ1n) is 9.89. The Labute approximate surface area is 156 Å². The van der Waals surface area contributed by atoms with Crippen LogP contribution in [0.1, 0.15) is 51.5 Å². The molecule has 2 fully saturated rings. The van der Waals surface area contributed by atoms with E-state index in [1.165, 1.54) is 12.8 Å². The lowest BCUT2D eigenvalue weighted by molar-refractivity contribution is -0.130. The molecule has 1 saturated heterocycles. The van der Waals surface area contributed by atoms with Crippen molar-refractivity contribution < 1.29 is 9.59 Å². The zero-order valence-corrected chi connectivity index (χ0v) is 16.0. The summed E-state index contributed by atoms with van der Waals surface area (Å²) in [5, 5.41) is 6.43. The van der Waals surface area contributed by atoms with Crippen molar-refractivity contribution in [2.75, 3.05) is 18.4 Å². The van der Waals surface area contributed by atoms with Crippen LogP contribution in [0.3, 0.4) is 0 Å². The highest BCUT2D eigenvalue weighted by atomic mass is 16.2. The lowest BCUT2D eigenvalue weighted by Gasteiger charge is -2.28. The Morgan fingerprint density at radius 2 is 1.96 bits per heavy atom. The minimum Gasteiger partial charge on any atom is -0.336 e. The fourth-order valence-electron chi connectivity index (χ4n) is 3.81. The molecule has 5 nitrogen and oxygen atoms in total. The van der Waals surface area contributed by atoms with Gasteiger partial charge in [-0.2, -0.15) is 0 Å². The molecule has 0 bridgehead atoms. The number of anilines is 1. The molecule has 1 aliphatic heterocycles. The van der Waals surface area contributed by atoms with E-state index in [2.05, 4.69) is 17.6 Å². The van der Waals surface area contributed by atoms with Crippen LogP contribution in [0.5, 0.6) is 0 Å². The molecule has 1 aromatic carbocycles. The number of hydrogen-bond acceptors (Lipinski definition) is 3. The van der Waals surface area contributed by atoms with Crippen LogP contribution in [-0.2, 0) is 16.1 Å². The Bertz CT molecular complexity index is 619. The zero-order chi connectivity index (χ0) is 18.5. The van der Waals surface area contributed by atoms with E-state index in [0.717, 1.165) is 37.2 Å². The van der Waals surface area contributed by atoms with Crippen LogP contribution in [0.15, 0.2) is 24.3 Å². The second kappa shape index (κ2) is 8.67. The second-order valence-corrected chi connectivity index (χ2v) is 7.91. The molecule has 2 N–H and O–H groups in total. The van der Waals surface area contributed by atoms with Crippen molar-refractivity contribution in [3.63, 3.8) is 0 Å². The van der Waals surface area contributed by atoms with E-state index in [4.69, 9.17) is 0 Å².